The minimum absolute atomic E-state index is 0.135. The van der Waals surface area contributed by atoms with Gasteiger partial charge in [0.15, 0.2) is 0 Å². The summed E-state index contributed by atoms with van der Waals surface area (Å²) in [5, 5.41) is 0. The van der Waals surface area contributed by atoms with Crippen LogP contribution in [0.4, 0.5) is 4.39 Å². The molecule has 92 valence electrons. The molecule has 0 saturated carbocycles. The number of carbonyl (C=O) groups is 1. The highest BCUT2D eigenvalue weighted by molar-refractivity contribution is 5.73. The number of hydrogen-bond donors (Lipinski definition) is 0. The molecule has 0 spiro atoms. The summed E-state index contributed by atoms with van der Waals surface area (Å²) in [7, 11) is 0. The highest BCUT2D eigenvalue weighted by Gasteiger charge is 2.18. The summed E-state index contributed by atoms with van der Waals surface area (Å²) in [5.74, 6) is -0.0553. The van der Waals surface area contributed by atoms with Crippen LogP contribution in [0.2, 0.25) is 0 Å². The van der Waals surface area contributed by atoms with Gasteiger partial charge in [0.25, 0.3) is 0 Å². The van der Waals surface area contributed by atoms with E-state index in [4.69, 9.17) is 0 Å². The highest BCUT2D eigenvalue weighted by atomic mass is 19.1. The first-order valence-corrected chi connectivity index (χ1v) is 5.87. The number of hydrogen-bond acceptors (Lipinski definition) is 2. The SMILES string of the molecule is CC(=O)N1CCN(Cc2cccc(F)c2)CC1. The van der Waals surface area contributed by atoms with Crippen molar-refractivity contribution in [1.82, 2.24) is 9.80 Å². The fourth-order valence-corrected chi connectivity index (χ4v) is 2.11. The van der Waals surface area contributed by atoms with Crippen molar-refractivity contribution >= 4 is 5.91 Å². The Morgan fingerprint density at radius 3 is 2.59 bits per heavy atom. The molecule has 0 aliphatic carbocycles. The normalized spacial score (nSPS) is 17.2. The van der Waals surface area contributed by atoms with Crippen molar-refractivity contribution < 1.29 is 9.18 Å². The third kappa shape index (κ3) is 3.27. The maximum Gasteiger partial charge on any atom is 0.219 e. The number of halogens is 1. The second-order valence-electron chi connectivity index (χ2n) is 4.41. The number of carbonyl (C=O) groups excluding carboxylic acids is 1. The second-order valence-corrected chi connectivity index (χ2v) is 4.41. The monoisotopic (exact) mass is 236 g/mol. The summed E-state index contributed by atoms with van der Waals surface area (Å²) < 4.78 is 13.0. The van der Waals surface area contributed by atoms with Crippen LogP contribution in [0.5, 0.6) is 0 Å². The Bertz CT molecular complexity index is 400. The lowest BCUT2D eigenvalue weighted by atomic mass is 10.2. The van der Waals surface area contributed by atoms with E-state index >= 15 is 0 Å². The molecule has 1 amide bonds. The summed E-state index contributed by atoms with van der Waals surface area (Å²) >= 11 is 0. The van der Waals surface area contributed by atoms with Gasteiger partial charge in [-0.05, 0) is 17.7 Å². The van der Waals surface area contributed by atoms with Gasteiger partial charge < -0.3 is 4.90 Å². The minimum atomic E-state index is -0.190. The van der Waals surface area contributed by atoms with Gasteiger partial charge in [0, 0.05) is 39.6 Å². The van der Waals surface area contributed by atoms with E-state index in [0.717, 1.165) is 38.3 Å². The number of nitrogens with zero attached hydrogens (tertiary/aromatic N) is 2. The van der Waals surface area contributed by atoms with E-state index in [2.05, 4.69) is 4.90 Å². The van der Waals surface area contributed by atoms with Crippen LogP contribution >= 0.6 is 0 Å². The lowest BCUT2D eigenvalue weighted by Crippen LogP contribution is -2.47. The maximum absolute atomic E-state index is 13.0. The molecule has 0 atom stereocenters. The Labute approximate surface area is 101 Å². The van der Waals surface area contributed by atoms with Gasteiger partial charge in [0.05, 0.1) is 0 Å². The first kappa shape index (κ1) is 12.0. The van der Waals surface area contributed by atoms with E-state index in [-0.39, 0.29) is 11.7 Å². The minimum Gasteiger partial charge on any atom is -0.340 e. The fraction of sp³-hybridized carbons (Fsp3) is 0.462. The van der Waals surface area contributed by atoms with Crippen molar-refractivity contribution in [3.8, 4) is 0 Å². The first-order valence-electron chi connectivity index (χ1n) is 5.87. The Kier molecular flexibility index (Phi) is 3.74. The average molecular weight is 236 g/mol. The molecule has 1 heterocycles. The molecular formula is C13H17FN2O. The summed E-state index contributed by atoms with van der Waals surface area (Å²) in [4.78, 5) is 15.3. The molecule has 1 aromatic rings. The zero-order valence-electron chi connectivity index (χ0n) is 10.0. The summed E-state index contributed by atoms with van der Waals surface area (Å²) in [6.45, 7) is 5.60. The zero-order chi connectivity index (χ0) is 12.3. The van der Waals surface area contributed by atoms with E-state index < -0.39 is 0 Å². The van der Waals surface area contributed by atoms with Gasteiger partial charge in [-0.15, -0.1) is 0 Å². The van der Waals surface area contributed by atoms with Gasteiger partial charge in [0.1, 0.15) is 5.82 Å². The number of benzene rings is 1. The first-order chi connectivity index (χ1) is 8.15. The smallest absolute Gasteiger partial charge is 0.219 e. The molecule has 0 bridgehead atoms. The topological polar surface area (TPSA) is 23.6 Å². The van der Waals surface area contributed by atoms with E-state index in [0.29, 0.717) is 0 Å². The molecule has 3 nitrogen and oxygen atoms in total. The van der Waals surface area contributed by atoms with E-state index in [1.807, 2.05) is 11.0 Å². The fourth-order valence-electron chi connectivity index (χ4n) is 2.11. The Morgan fingerprint density at radius 2 is 2.00 bits per heavy atom. The van der Waals surface area contributed by atoms with Crippen molar-refractivity contribution in [1.29, 1.82) is 0 Å². The quantitative estimate of drug-likeness (QED) is 0.776. The highest BCUT2D eigenvalue weighted by Crippen LogP contribution is 2.10. The van der Waals surface area contributed by atoms with Gasteiger partial charge in [-0.1, -0.05) is 12.1 Å². The third-order valence-corrected chi connectivity index (χ3v) is 3.11. The second kappa shape index (κ2) is 5.27. The van der Waals surface area contributed by atoms with Crippen molar-refractivity contribution in [3.63, 3.8) is 0 Å². The molecule has 0 aromatic heterocycles. The molecule has 4 heteroatoms. The van der Waals surface area contributed by atoms with Gasteiger partial charge >= 0.3 is 0 Å². The van der Waals surface area contributed by atoms with Crippen LogP contribution in [0.25, 0.3) is 0 Å². The third-order valence-electron chi connectivity index (χ3n) is 3.11. The van der Waals surface area contributed by atoms with Crippen molar-refractivity contribution in [3.05, 3.63) is 35.6 Å². The molecule has 1 aliphatic heterocycles. The van der Waals surface area contributed by atoms with Crippen LogP contribution in [-0.2, 0) is 11.3 Å². The molecule has 0 unspecified atom stereocenters. The molecule has 0 radical (unpaired) electrons. The Morgan fingerprint density at radius 1 is 1.29 bits per heavy atom. The number of amides is 1. The lowest BCUT2D eigenvalue weighted by Gasteiger charge is -2.34. The summed E-state index contributed by atoms with van der Waals surface area (Å²) in [5.41, 5.74) is 0.987. The van der Waals surface area contributed by atoms with Crippen LogP contribution in [0, 0.1) is 5.82 Å². The molecule has 17 heavy (non-hydrogen) atoms. The molecule has 0 N–H and O–H groups in total. The van der Waals surface area contributed by atoms with Crippen LogP contribution in [0.3, 0.4) is 0 Å². The lowest BCUT2D eigenvalue weighted by molar-refractivity contribution is -0.130. The molecule has 1 fully saturated rings. The molecule has 1 aliphatic rings. The molecule has 1 saturated heterocycles. The van der Waals surface area contributed by atoms with Gasteiger partial charge in [-0.2, -0.15) is 0 Å². The largest absolute Gasteiger partial charge is 0.340 e. The van der Waals surface area contributed by atoms with Gasteiger partial charge in [0.2, 0.25) is 5.91 Å². The van der Waals surface area contributed by atoms with Crippen LogP contribution in [-0.4, -0.2) is 41.9 Å². The van der Waals surface area contributed by atoms with Crippen LogP contribution in [0.1, 0.15) is 12.5 Å². The maximum atomic E-state index is 13.0. The van der Waals surface area contributed by atoms with Crippen molar-refractivity contribution in [2.75, 3.05) is 26.2 Å². The predicted molar refractivity (Wildman–Crippen MR) is 63.9 cm³/mol. The average Bonchev–Trinajstić information content (AvgIpc) is 2.29. The van der Waals surface area contributed by atoms with Crippen LogP contribution in [0.15, 0.2) is 24.3 Å². The van der Waals surface area contributed by atoms with Crippen LogP contribution < -0.4 is 0 Å². The Balaban J connectivity index is 1.88. The molecule has 2 rings (SSSR count). The van der Waals surface area contributed by atoms with Gasteiger partial charge in [-0.25, -0.2) is 4.39 Å². The van der Waals surface area contributed by atoms with Gasteiger partial charge in [-0.3, -0.25) is 9.69 Å². The number of rotatable bonds is 2. The van der Waals surface area contributed by atoms with E-state index in [1.54, 1.807) is 19.1 Å². The molecule has 1 aromatic carbocycles. The van der Waals surface area contributed by atoms with Crippen molar-refractivity contribution in [2.24, 2.45) is 0 Å². The number of piperazine rings is 1. The van der Waals surface area contributed by atoms with E-state index in [9.17, 15) is 9.18 Å². The van der Waals surface area contributed by atoms with E-state index in [1.165, 1.54) is 6.07 Å². The summed E-state index contributed by atoms with van der Waals surface area (Å²) in [6.07, 6.45) is 0. The van der Waals surface area contributed by atoms with Crippen molar-refractivity contribution in [2.45, 2.75) is 13.5 Å². The molecular weight excluding hydrogens is 219 g/mol. The Hall–Kier alpha value is -1.42. The summed E-state index contributed by atoms with van der Waals surface area (Å²) in [6, 6.07) is 6.69. The standard InChI is InChI=1S/C13H17FN2O/c1-11(17)16-7-5-15(6-8-16)10-12-3-2-4-13(14)9-12/h2-4,9H,5-8,10H2,1H3. The zero-order valence-corrected chi connectivity index (χ0v) is 10.0. The predicted octanol–water partition coefficient (Wildman–Crippen LogP) is 1.49.